The minimum atomic E-state index is -0.291. The van der Waals surface area contributed by atoms with Gasteiger partial charge in [0.15, 0.2) is 0 Å². The normalized spacial score (nSPS) is 10.7. The first kappa shape index (κ1) is 22.0. The van der Waals surface area contributed by atoms with Crippen LogP contribution in [-0.4, -0.2) is 23.1 Å². The SMILES string of the molecule is COc1ccc(-c2cc(-c3ccccc3)ccc2-c2ncc(NC(=O)c3ccccc3)o2)c(O)c1. The lowest BCUT2D eigenvalue weighted by Gasteiger charge is -2.13. The molecule has 0 atom stereocenters. The number of phenols is 1. The van der Waals surface area contributed by atoms with Gasteiger partial charge in [-0.25, -0.2) is 4.98 Å². The molecular formula is C29H22N2O4. The number of carbonyl (C=O) groups excluding carboxylic acids is 1. The molecule has 35 heavy (non-hydrogen) atoms. The Morgan fingerprint density at radius 1 is 0.829 bits per heavy atom. The van der Waals surface area contributed by atoms with Gasteiger partial charge in [-0.2, -0.15) is 0 Å². The molecule has 172 valence electrons. The largest absolute Gasteiger partial charge is 0.507 e. The molecule has 0 bridgehead atoms. The van der Waals surface area contributed by atoms with E-state index in [0.717, 1.165) is 16.7 Å². The molecule has 0 aliphatic rings. The predicted octanol–water partition coefficient (Wildman–Crippen LogP) is 6.64. The highest BCUT2D eigenvalue weighted by molar-refractivity contribution is 6.03. The van der Waals surface area contributed by atoms with Crippen molar-refractivity contribution in [2.24, 2.45) is 0 Å². The third-order valence-corrected chi connectivity index (χ3v) is 5.63. The summed E-state index contributed by atoms with van der Waals surface area (Å²) in [5, 5.41) is 13.5. The summed E-state index contributed by atoms with van der Waals surface area (Å²) in [5.41, 5.74) is 4.54. The Kier molecular flexibility index (Phi) is 6.01. The fourth-order valence-electron chi connectivity index (χ4n) is 3.86. The minimum Gasteiger partial charge on any atom is -0.507 e. The molecule has 1 aromatic heterocycles. The van der Waals surface area contributed by atoms with E-state index in [-0.39, 0.29) is 17.5 Å². The molecule has 0 aliphatic heterocycles. The molecule has 1 heterocycles. The van der Waals surface area contributed by atoms with E-state index in [1.807, 2.05) is 54.6 Å². The molecule has 0 unspecified atom stereocenters. The standard InChI is InChI=1S/C29H22N2O4/c1-34-22-13-15-23(26(32)17-22)25-16-21(19-8-4-2-5-9-19)12-14-24(25)29-30-18-27(35-29)31-28(33)20-10-6-3-7-11-20/h2-18,32H,1H3,(H,31,33). The van der Waals surface area contributed by atoms with E-state index in [2.05, 4.69) is 10.3 Å². The molecule has 5 rings (SSSR count). The summed E-state index contributed by atoms with van der Waals surface area (Å²) < 4.78 is 11.1. The van der Waals surface area contributed by atoms with Crippen LogP contribution in [0.3, 0.4) is 0 Å². The van der Waals surface area contributed by atoms with E-state index in [1.165, 1.54) is 6.20 Å². The maximum atomic E-state index is 12.5. The highest BCUT2D eigenvalue weighted by Gasteiger charge is 2.18. The maximum Gasteiger partial charge on any atom is 0.258 e. The van der Waals surface area contributed by atoms with Crippen LogP contribution in [-0.2, 0) is 0 Å². The first-order valence-electron chi connectivity index (χ1n) is 11.0. The van der Waals surface area contributed by atoms with Crippen molar-refractivity contribution in [3.63, 3.8) is 0 Å². The van der Waals surface area contributed by atoms with Gasteiger partial charge in [0.05, 0.1) is 13.3 Å². The molecular weight excluding hydrogens is 440 g/mol. The number of nitrogens with one attached hydrogen (secondary N) is 1. The van der Waals surface area contributed by atoms with Gasteiger partial charge in [0.1, 0.15) is 11.5 Å². The number of nitrogens with zero attached hydrogens (tertiary/aromatic N) is 1. The fourth-order valence-corrected chi connectivity index (χ4v) is 3.86. The number of hydrogen-bond donors (Lipinski definition) is 2. The number of carbonyl (C=O) groups is 1. The number of anilines is 1. The highest BCUT2D eigenvalue weighted by atomic mass is 16.5. The van der Waals surface area contributed by atoms with Crippen LogP contribution in [0.5, 0.6) is 11.5 Å². The summed E-state index contributed by atoms with van der Waals surface area (Å²) >= 11 is 0. The van der Waals surface area contributed by atoms with Gasteiger partial charge < -0.3 is 14.3 Å². The van der Waals surface area contributed by atoms with Crippen LogP contribution in [0.2, 0.25) is 0 Å². The van der Waals surface area contributed by atoms with E-state index in [1.54, 1.807) is 49.6 Å². The second kappa shape index (κ2) is 9.57. The molecule has 0 aliphatic carbocycles. The highest BCUT2D eigenvalue weighted by Crippen LogP contribution is 2.40. The Balaban J connectivity index is 1.55. The zero-order valence-corrected chi connectivity index (χ0v) is 18.9. The van der Waals surface area contributed by atoms with Crippen molar-refractivity contribution in [3.8, 4) is 45.2 Å². The molecule has 6 nitrogen and oxygen atoms in total. The number of methoxy groups -OCH3 is 1. The summed E-state index contributed by atoms with van der Waals surface area (Å²) in [7, 11) is 1.55. The maximum absolute atomic E-state index is 12.5. The van der Waals surface area contributed by atoms with Gasteiger partial charge in [-0.1, -0.05) is 54.6 Å². The average molecular weight is 463 g/mol. The van der Waals surface area contributed by atoms with Crippen molar-refractivity contribution in [1.82, 2.24) is 4.98 Å². The van der Waals surface area contributed by atoms with Crippen molar-refractivity contribution in [3.05, 3.63) is 109 Å². The van der Waals surface area contributed by atoms with Gasteiger partial charge in [0.2, 0.25) is 11.8 Å². The summed E-state index contributed by atoms with van der Waals surface area (Å²) in [6.45, 7) is 0. The number of phenolic OH excluding ortho intramolecular Hbond substituents is 1. The van der Waals surface area contributed by atoms with E-state index in [0.29, 0.717) is 28.3 Å². The van der Waals surface area contributed by atoms with Gasteiger partial charge in [0.25, 0.3) is 5.91 Å². The zero-order valence-electron chi connectivity index (χ0n) is 18.9. The number of hydrogen-bond acceptors (Lipinski definition) is 5. The van der Waals surface area contributed by atoms with Crippen LogP contribution >= 0.6 is 0 Å². The van der Waals surface area contributed by atoms with E-state index < -0.39 is 0 Å². The Morgan fingerprint density at radius 2 is 1.54 bits per heavy atom. The smallest absolute Gasteiger partial charge is 0.258 e. The second-order valence-corrected chi connectivity index (χ2v) is 7.86. The van der Waals surface area contributed by atoms with Gasteiger partial charge in [-0.3, -0.25) is 10.1 Å². The molecule has 5 aromatic rings. The first-order chi connectivity index (χ1) is 17.1. The summed E-state index contributed by atoms with van der Waals surface area (Å²) in [5.74, 6) is 0.874. The predicted molar refractivity (Wildman–Crippen MR) is 135 cm³/mol. The molecule has 4 aromatic carbocycles. The number of aromatic nitrogens is 1. The average Bonchev–Trinajstić information content (AvgIpc) is 3.37. The Labute approximate surface area is 202 Å². The summed E-state index contributed by atoms with van der Waals surface area (Å²) in [4.78, 5) is 16.9. The molecule has 1 amide bonds. The number of oxazole rings is 1. The van der Waals surface area contributed by atoms with E-state index in [9.17, 15) is 9.90 Å². The number of rotatable bonds is 6. The molecule has 0 spiro atoms. The number of aromatic hydroxyl groups is 1. The lowest BCUT2D eigenvalue weighted by molar-refractivity contribution is 0.102. The van der Waals surface area contributed by atoms with Crippen molar-refractivity contribution in [2.45, 2.75) is 0 Å². The number of amides is 1. The molecule has 6 heteroatoms. The number of benzene rings is 4. The molecule has 0 fully saturated rings. The lowest BCUT2D eigenvalue weighted by Crippen LogP contribution is -2.10. The Bertz CT molecular complexity index is 1480. The van der Waals surface area contributed by atoms with Gasteiger partial charge in [0, 0.05) is 22.8 Å². The van der Waals surface area contributed by atoms with Gasteiger partial charge in [-0.05, 0) is 53.1 Å². The van der Waals surface area contributed by atoms with Crippen LogP contribution in [0, 0.1) is 0 Å². The molecule has 0 radical (unpaired) electrons. The van der Waals surface area contributed by atoms with Crippen molar-refractivity contribution in [2.75, 3.05) is 12.4 Å². The van der Waals surface area contributed by atoms with Gasteiger partial charge >= 0.3 is 0 Å². The summed E-state index contributed by atoms with van der Waals surface area (Å²) in [6, 6.07) is 29.8. The summed E-state index contributed by atoms with van der Waals surface area (Å²) in [6.07, 6.45) is 1.47. The monoisotopic (exact) mass is 462 g/mol. The fraction of sp³-hybridized carbons (Fsp3) is 0.0345. The quantitative estimate of drug-likeness (QED) is 0.295. The van der Waals surface area contributed by atoms with Crippen molar-refractivity contribution < 1.29 is 19.1 Å². The van der Waals surface area contributed by atoms with Gasteiger partial charge in [-0.15, -0.1) is 0 Å². The minimum absolute atomic E-state index is 0.0694. The van der Waals surface area contributed by atoms with Crippen LogP contribution in [0.25, 0.3) is 33.7 Å². The third kappa shape index (κ3) is 4.63. The zero-order chi connectivity index (χ0) is 24.2. The van der Waals surface area contributed by atoms with E-state index >= 15 is 0 Å². The molecule has 2 N–H and O–H groups in total. The van der Waals surface area contributed by atoms with Crippen molar-refractivity contribution in [1.29, 1.82) is 0 Å². The topological polar surface area (TPSA) is 84.6 Å². The van der Waals surface area contributed by atoms with E-state index in [4.69, 9.17) is 9.15 Å². The number of ether oxygens (including phenoxy) is 1. The van der Waals surface area contributed by atoms with Crippen molar-refractivity contribution >= 4 is 11.8 Å². The third-order valence-electron chi connectivity index (χ3n) is 5.63. The lowest BCUT2D eigenvalue weighted by atomic mass is 9.94. The Hall–Kier alpha value is -4.84. The molecule has 0 saturated heterocycles. The second-order valence-electron chi connectivity index (χ2n) is 7.86. The molecule has 0 saturated carbocycles. The Morgan fingerprint density at radius 3 is 2.26 bits per heavy atom. The van der Waals surface area contributed by atoms with Crippen LogP contribution in [0.4, 0.5) is 5.88 Å². The van der Waals surface area contributed by atoms with Crippen LogP contribution in [0.1, 0.15) is 10.4 Å². The first-order valence-corrected chi connectivity index (χ1v) is 11.0. The van der Waals surface area contributed by atoms with Crippen LogP contribution in [0.15, 0.2) is 108 Å². The van der Waals surface area contributed by atoms with Crippen LogP contribution < -0.4 is 10.1 Å².